The molecule has 0 unspecified atom stereocenters. The molecule has 116 valence electrons. The van der Waals surface area contributed by atoms with Crippen LogP contribution >= 0.6 is 0 Å². The molecule has 0 amide bonds. The van der Waals surface area contributed by atoms with Gasteiger partial charge in [0.05, 0.1) is 13.2 Å². The maximum atomic E-state index is 11.0. The fraction of sp³-hybridized carbons (Fsp3) is 0.357. The van der Waals surface area contributed by atoms with Gasteiger partial charge in [0.15, 0.2) is 11.5 Å². The number of fused-ring (bicyclic) bond motifs is 1. The molecule has 8 nitrogen and oxygen atoms in total. The van der Waals surface area contributed by atoms with Crippen LogP contribution in [0.3, 0.4) is 0 Å². The van der Waals surface area contributed by atoms with Crippen molar-refractivity contribution < 1.29 is 14.4 Å². The molecule has 8 heteroatoms. The van der Waals surface area contributed by atoms with Gasteiger partial charge in [0, 0.05) is 12.6 Å². The highest BCUT2D eigenvalue weighted by atomic mass is 16.6. The molecule has 0 radical (unpaired) electrons. The molecule has 0 fully saturated rings. The number of ether oxygens (including phenoxy) is 2. The first-order chi connectivity index (χ1) is 10.6. The van der Waals surface area contributed by atoms with E-state index in [1.165, 1.54) is 6.33 Å². The lowest BCUT2D eigenvalue weighted by molar-refractivity contribution is -0.388. The highest BCUT2D eigenvalue weighted by Crippen LogP contribution is 2.35. The van der Waals surface area contributed by atoms with Crippen LogP contribution in [0.2, 0.25) is 0 Å². The Kier molecular flexibility index (Phi) is 3.58. The summed E-state index contributed by atoms with van der Waals surface area (Å²) in [5.41, 5.74) is 1.01. The van der Waals surface area contributed by atoms with E-state index >= 15 is 0 Å². The fourth-order valence-corrected chi connectivity index (χ4v) is 2.56. The predicted octanol–water partition coefficient (Wildman–Crippen LogP) is 1.75. The zero-order valence-electron chi connectivity index (χ0n) is 12.3. The number of nitro groups is 1. The molecular formula is C14H16N4O4. The van der Waals surface area contributed by atoms with Crippen LogP contribution in [0.4, 0.5) is 11.6 Å². The zero-order chi connectivity index (χ0) is 15.7. The van der Waals surface area contributed by atoms with Gasteiger partial charge >= 0.3 is 5.82 Å². The van der Waals surface area contributed by atoms with E-state index in [-0.39, 0.29) is 11.9 Å². The molecule has 2 heterocycles. The fourth-order valence-electron chi connectivity index (χ4n) is 2.56. The summed E-state index contributed by atoms with van der Waals surface area (Å²) in [5.74, 6) is 1.63. The summed E-state index contributed by atoms with van der Waals surface area (Å²) in [6, 6.07) is 5.63. The van der Waals surface area contributed by atoms with Gasteiger partial charge in [-0.3, -0.25) is 4.57 Å². The van der Waals surface area contributed by atoms with Crippen molar-refractivity contribution in [1.82, 2.24) is 9.55 Å². The number of rotatable bonds is 4. The van der Waals surface area contributed by atoms with E-state index < -0.39 is 4.92 Å². The highest BCUT2D eigenvalue weighted by molar-refractivity contribution is 5.54. The minimum absolute atomic E-state index is 0.0753. The van der Waals surface area contributed by atoms with E-state index in [4.69, 9.17) is 9.47 Å². The van der Waals surface area contributed by atoms with Gasteiger partial charge in [0.25, 0.3) is 0 Å². The van der Waals surface area contributed by atoms with E-state index in [0.29, 0.717) is 24.6 Å². The summed E-state index contributed by atoms with van der Waals surface area (Å²) in [6.45, 7) is 0.399. The van der Waals surface area contributed by atoms with E-state index in [1.54, 1.807) is 18.7 Å². The Hall–Kier alpha value is -2.77. The number of hydrogen-bond acceptors (Lipinski definition) is 6. The van der Waals surface area contributed by atoms with E-state index in [1.807, 2.05) is 18.2 Å². The first kappa shape index (κ1) is 14.2. The lowest BCUT2D eigenvalue weighted by Gasteiger charge is -2.27. The molecule has 22 heavy (non-hydrogen) atoms. The summed E-state index contributed by atoms with van der Waals surface area (Å²) in [6.07, 6.45) is 2.11. The molecule has 0 bridgehead atoms. The Bertz CT molecular complexity index is 713. The van der Waals surface area contributed by atoms with Crippen molar-refractivity contribution in [3.63, 3.8) is 0 Å². The van der Waals surface area contributed by atoms with Gasteiger partial charge in [-0.15, -0.1) is 0 Å². The SMILES string of the molecule is COc1cccc2c1OC[C@H](Nc1c([N+](=O)[O-])ncn1C)C2. The number of aromatic nitrogens is 2. The first-order valence-corrected chi connectivity index (χ1v) is 6.81. The number of methoxy groups -OCH3 is 1. The average Bonchev–Trinajstić information content (AvgIpc) is 2.87. The number of nitrogens with zero attached hydrogens (tertiary/aromatic N) is 3. The van der Waals surface area contributed by atoms with Gasteiger partial charge in [-0.25, -0.2) is 0 Å². The summed E-state index contributed by atoms with van der Waals surface area (Å²) >= 11 is 0. The normalized spacial score (nSPS) is 16.5. The zero-order valence-corrected chi connectivity index (χ0v) is 12.3. The monoisotopic (exact) mass is 304 g/mol. The number of aryl methyl sites for hydroxylation is 1. The predicted molar refractivity (Wildman–Crippen MR) is 79.5 cm³/mol. The van der Waals surface area contributed by atoms with E-state index in [9.17, 15) is 10.1 Å². The summed E-state index contributed by atoms with van der Waals surface area (Å²) in [5, 5.41) is 14.2. The van der Waals surface area contributed by atoms with Crippen LogP contribution in [-0.4, -0.2) is 34.2 Å². The van der Waals surface area contributed by atoms with Gasteiger partial charge in [-0.2, -0.15) is 0 Å². The van der Waals surface area contributed by atoms with Crippen molar-refractivity contribution in [2.75, 3.05) is 19.0 Å². The standard InChI is InChI=1S/C14H16N4O4/c1-17-8-15-13(18(19)20)14(17)16-10-6-9-4-3-5-11(21-2)12(9)22-7-10/h3-5,8,10,16H,6-7H2,1-2H3/t10-/m1/s1. The minimum Gasteiger partial charge on any atom is -0.493 e. The number of nitrogens with one attached hydrogen (secondary N) is 1. The number of hydrogen-bond donors (Lipinski definition) is 1. The first-order valence-electron chi connectivity index (χ1n) is 6.81. The Morgan fingerprint density at radius 2 is 2.36 bits per heavy atom. The van der Waals surface area contributed by atoms with Crippen LogP contribution in [0.25, 0.3) is 0 Å². The second-order valence-electron chi connectivity index (χ2n) is 5.09. The third-order valence-corrected chi connectivity index (χ3v) is 3.61. The largest absolute Gasteiger partial charge is 0.493 e. The highest BCUT2D eigenvalue weighted by Gasteiger charge is 2.27. The Labute approximate surface area is 126 Å². The molecule has 0 aliphatic carbocycles. The topological polar surface area (TPSA) is 91.4 Å². The van der Waals surface area contributed by atoms with E-state index in [2.05, 4.69) is 10.3 Å². The van der Waals surface area contributed by atoms with Crippen molar-refractivity contribution in [3.05, 3.63) is 40.2 Å². The van der Waals surface area contributed by atoms with Crippen LogP contribution in [0.15, 0.2) is 24.5 Å². The quantitative estimate of drug-likeness (QED) is 0.683. The molecule has 1 aliphatic heterocycles. The summed E-state index contributed by atoms with van der Waals surface area (Å²) in [7, 11) is 3.31. The van der Waals surface area contributed by atoms with Gasteiger partial charge in [-0.05, 0) is 22.4 Å². The molecule has 0 saturated carbocycles. The molecule has 1 N–H and O–H groups in total. The third kappa shape index (κ3) is 2.43. The van der Waals surface area contributed by atoms with Crippen LogP contribution < -0.4 is 14.8 Å². The van der Waals surface area contributed by atoms with Crippen LogP contribution in [0.5, 0.6) is 11.5 Å². The molecule has 1 aromatic heterocycles. The number of anilines is 1. The minimum atomic E-state index is -0.497. The van der Waals surface area contributed by atoms with Crippen LogP contribution in [-0.2, 0) is 13.5 Å². The molecule has 3 rings (SSSR count). The second kappa shape index (κ2) is 5.55. The van der Waals surface area contributed by atoms with Gasteiger partial charge in [-0.1, -0.05) is 12.1 Å². The number of benzene rings is 1. The molecule has 0 saturated heterocycles. The van der Waals surface area contributed by atoms with Crippen LogP contribution in [0.1, 0.15) is 5.56 Å². The van der Waals surface area contributed by atoms with Crippen molar-refractivity contribution in [3.8, 4) is 11.5 Å². The van der Waals surface area contributed by atoms with Crippen molar-refractivity contribution in [2.24, 2.45) is 7.05 Å². The number of imidazole rings is 1. The van der Waals surface area contributed by atoms with E-state index in [0.717, 1.165) is 11.3 Å². The summed E-state index contributed by atoms with van der Waals surface area (Å²) in [4.78, 5) is 14.3. The van der Waals surface area contributed by atoms with Gasteiger partial charge in [0.2, 0.25) is 12.1 Å². The Morgan fingerprint density at radius 3 is 3.09 bits per heavy atom. The van der Waals surface area contributed by atoms with Gasteiger partial charge in [0.1, 0.15) is 6.61 Å². The smallest absolute Gasteiger partial charge is 0.406 e. The third-order valence-electron chi connectivity index (χ3n) is 3.61. The van der Waals surface area contributed by atoms with Crippen molar-refractivity contribution >= 4 is 11.6 Å². The summed E-state index contributed by atoms with van der Waals surface area (Å²) < 4.78 is 12.6. The lowest BCUT2D eigenvalue weighted by Crippen LogP contribution is -2.34. The molecule has 1 aromatic carbocycles. The number of para-hydroxylation sites is 1. The second-order valence-corrected chi connectivity index (χ2v) is 5.09. The maximum absolute atomic E-state index is 11.0. The molecular weight excluding hydrogens is 288 g/mol. The molecule has 2 aromatic rings. The van der Waals surface area contributed by atoms with Gasteiger partial charge < -0.3 is 24.9 Å². The maximum Gasteiger partial charge on any atom is 0.406 e. The van der Waals surface area contributed by atoms with Crippen molar-refractivity contribution in [1.29, 1.82) is 0 Å². The average molecular weight is 304 g/mol. The molecule has 1 atom stereocenters. The van der Waals surface area contributed by atoms with Crippen LogP contribution in [0, 0.1) is 10.1 Å². The Balaban J connectivity index is 1.82. The molecule has 0 spiro atoms. The van der Waals surface area contributed by atoms with Crippen molar-refractivity contribution in [2.45, 2.75) is 12.5 Å². The molecule has 1 aliphatic rings. The lowest BCUT2D eigenvalue weighted by atomic mass is 10.0. The Morgan fingerprint density at radius 1 is 1.55 bits per heavy atom.